The standard InChI is InChI=1S/C14H18N2O3/c1-10(2)16-7-3-5-11(16)14(18)15-9-12(17)13-6-4-8-19-13/h3-8,10,12,17H,9H2,1-2H3,(H,15,18). The molecule has 2 aromatic rings. The van der Waals surface area contributed by atoms with Gasteiger partial charge in [0.05, 0.1) is 12.8 Å². The van der Waals surface area contributed by atoms with Gasteiger partial charge in [0, 0.05) is 12.2 Å². The normalized spacial score (nSPS) is 12.6. The van der Waals surface area contributed by atoms with Crippen LogP contribution in [-0.2, 0) is 0 Å². The Balaban J connectivity index is 1.96. The van der Waals surface area contributed by atoms with Gasteiger partial charge in [-0.25, -0.2) is 0 Å². The Morgan fingerprint density at radius 3 is 2.84 bits per heavy atom. The van der Waals surface area contributed by atoms with E-state index in [0.717, 1.165) is 0 Å². The highest BCUT2D eigenvalue weighted by molar-refractivity contribution is 5.92. The van der Waals surface area contributed by atoms with Gasteiger partial charge in [-0.1, -0.05) is 0 Å². The molecule has 2 N–H and O–H groups in total. The maximum absolute atomic E-state index is 12.0. The number of nitrogens with one attached hydrogen (secondary N) is 1. The Kier molecular flexibility index (Phi) is 4.06. The lowest BCUT2D eigenvalue weighted by Gasteiger charge is -2.14. The van der Waals surface area contributed by atoms with Crippen LogP contribution in [0.15, 0.2) is 41.1 Å². The zero-order valence-corrected chi connectivity index (χ0v) is 11.0. The number of carbonyl (C=O) groups excluding carboxylic acids is 1. The Morgan fingerprint density at radius 2 is 2.21 bits per heavy atom. The van der Waals surface area contributed by atoms with Crippen LogP contribution in [-0.4, -0.2) is 22.1 Å². The van der Waals surface area contributed by atoms with E-state index in [1.165, 1.54) is 6.26 Å². The van der Waals surface area contributed by atoms with E-state index in [-0.39, 0.29) is 18.5 Å². The first-order valence-corrected chi connectivity index (χ1v) is 6.26. The largest absolute Gasteiger partial charge is 0.467 e. The molecule has 1 atom stereocenters. The van der Waals surface area contributed by atoms with Gasteiger partial charge in [-0.15, -0.1) is 0 Å². The van der Waals surface area contributed by atoms with Crippen LogP contribution < -0.4 is 5.32 Å². The van der Waals surface area contributed by atoms with E-state index >= 15 is 0 Å². The summed E-state index contributed by atoms with van der Waals surface area (Å²) >= 11 is 0. The van der Waals surface area contributed by atoms with Crippen molar-refractivity contribution in [2.45, 2.75) is 26.0 Å². The molecule has 19 heavy (non-hydrogen) atoms. The van der Waals surface area contributed by atoms with Crippen molar-refractivity contribution in [3.05, 3.63) is 48.2 Å². The number of aliphatic hydroxyl groups excluding tert-OH is 1. The van der Waals surface area contributed by atoms with Crippen molar-refractivity contribution in [2.75, 3.05) is 6.54 Å². The summed E-state index contributed by atoms with van der Waals surface area (Å²) in [6.45, 7) is 4.14. The minimum atomic E-state index is -0.832. The van der Waals surface area contributed by atoms with Crippen molar-refractivity contribution < 1.29 is 14.3 Å². The van der Waals surface area contributed by atoms with Crippen LogP contribution >= 0.6 is 0 Å². The molecule has 2 rings (SSSR count). The van der Waals surface area contributed by atoms with Crippen LogP contribution in [0.1, 0.15) is 42.2 Å². The van der Waals surface area contributed by atoms with E-state index < -0.39 is 6.10 Å². The fourth-order valence-corrected chi connectivity index (χ4v) is 1.90. The Morgan fingerprint density at radius 1 is 1.42 bits per heavy atom. The molecule has 102 valence electrons. The number of rotatable bonds is 5. The molecule has 0 saturated carbocycles. The summed E-state index contributed by atoms with van der Waals surface area (Å²) in [5.41, 5.74) is 0.585. The Hall–Kier alpha value is -2.01. The van der Waals surface area contributed by atoms with E-state index in [0.29, 0.717) is 11.5 Å². The average Bonchev–Trinajstić information content (AvgIpc) is 3.04. The van der Waals surface area contributed by atoms with Crippen LogP contribution in [0.2, 0.25) is 0 Å². The van der Waals surface area contributed by atoms with Crippen LogP contribution in [0.4, 0.5) is 0 Å². The molecule has 0 aliphatic rings. The van der Waals surface area contributed by atoms with Crippen molar-refractivity contribution in [1.82, 2.24) is 9.88 Å². The monoisotopic (exact) mass is 262 g/mol. The zero-order chi connectivity index (χ0) is 13.8. The van der Waals surface area contributed by atoms with Crippen molar-refractivity contribution >= 4 is 5.91 Å². The second-order valence-corrected chi connectivity index (χ2v) is 4.64. The van der Waals surface area contributed by atoms with Crippen molar-refractivity contribution in [1.29, 1.82) is 0 Å². The Bertz CT molecular complexity index is 529. The summed E-state index contributed by atoms with van der Waals surface area (Å²) in [5, 5.41) is 12.5. The molecular weight excluding hydrogens is 244 g/mol. The fraction of sp³-hybridized carbons (Fsp3) is 0.357. The van der Waals surface area contributed by atoms with E-state index in [9.17, 15) is 9.90 Å². The number of hydrogen-bond donors (Lipinski definition) is 2. The predicted octanol–water partition coefficient (Wildman–Crippen LogP) is 2.13. The van der Waals surface area contributed by atoms with Gasteiger partial charge in [0.2, 0.25) is 0 Å². The summed E-state index contributed by atoms with van der Waals surface area (Å²) in [6, 6.07) is 7.18. The molecule has 0 aliphatic carbocycles. The number of carbonyl (C=O) groups is 1. The highest BCUT2D eigenvalue weighted by Crippen LogP contribution is 2.13. The maximum Gasteiger partial charge on any atom is 0.268 e. The van der Waals surface area contributed by atoms with Gasteiger partial charge in [0.15, 0.2) is 0 Å². The lowest BCUT2D eigenvalue weighted by atomic mass is 10.2. The van der Waals surface area contributed by atoms with Crippen LogP contribution in [0, 0.1) is 0 Å². The van der Waals surface area contributed by atoms with Gasteiger partial charge in [0.1, 0.15) is 17.6 Å². The molecule has 5 heteroatoms. The van der Waals surface area contributed by atoms with E-state index in [4.69, 9.17) is 4.42 Å². The summed E-state index contributed by atoms with van der Waals surface area (Å²) in [6.07, 6.45) is 2.52. The first-order valence-electron chi connectivity index (χ1n) is 6.26. The topological polar surface area (TPSA) is 67.4 Å². The third-order valence-corrected chi connectivity index (χ3v) is 2.90. The van der Waals surface area contributed by atoms with Gasteiger partial charge >= 0.3 is 0 Å². The second-order valence-electron chi connectivity index (χ2n) is 4.64. The minimum Gasteiger partial charge on any atom is -0.467 e. The summed E-state index contributed by atoms with van der Waals surface area (Å²) in [4.78, 5) is 12.0. The van der Waals surface area contributed by atoms with Gasteiger partial charge in [0.25, 0.3) is 5.91 Å². The lowest BCUT2D eigenvalue weighted by Crippen LogP contribution is -2.30. The third-order valence-electron chi connectivity index (χ3n) is 2.90. The summed E-state index contributed by atoms with van der Waals surface area (Å²) in [7, 11) is 0. The lowest BCUT2D eigenvalue weighted by molar-refractivity contribution is 0.0890. The highest BCUT2D eigenvalue weighted by Gasteiger charge is 2.15. The van der Waals surface area contributed by atoms with Crippen molar-refractivity contribution in [2.24, 2.45) is 0 Å². The summed E-state index contributed by atoms with van der Waals surface area (Å²) in [5.74, 6) is 0.240. The molecule has 0 spiro atoms. The van der Waals surface area contributed by atoms with Crippen LogP contribution in [0.3, 0.4) is 0 Å². The van der Waals surface area contributed by atoms with Gasteiger partial charge in [-0.2, -0.15) is 0 Å². The molecular formula is C14H18N2O3. The number of aliphatic hydroxyl groups is 1. The van der Waals surface area contributed by atoms with E-state index in [1.54, 1.807) is 18.2 Å². The molecule has 2 heterocycles. The number of hydrogen-bond acceptors (Lipinski definition) is 3. The maximum atomic E-state index is 12.0. The number of aromatic nitrogens is 1. The SMILES string of the molecule is CC(C)n1cccc1C(=O)NCC(O)c1ccco1. The molecule has 0 aromatic carbocycles. The van der Waals surface area contributed by atoms with Crippen molar-refractivity contribution in [3.8, 4) is 0 Å². The minimum absolute atomic E-state index is 0.121. The smallest absolute Gasteiger partial charge is 0.268 e. The number of furan rings is 1. The molecule has 1 amide bonds. The van der Waals surface area contributed by atoms with E-state index in [1.807, 2.05) is 30.7 Å². The highest BCUT2D eigenvalue weighted by atomic mass is 16.4. The molecule has 5 nitrogen and oxygen atoms in total. The first-order chi connectivity index (χ1) is 9.09. The van der Waals surface area contributed by atoms with Gasteiger partial charge in [-0.3, -0.25) is 4.79 Å². The molecule has 0 fully saturated rings. The van der Waals surface area contributed by atoms with Gasteiger partial charge < -0.3 is 19.4 Å². The van der Waals surface area contributed by atoms with Crippen molar-refractivity contribution in [3.63, 3.8) is 0 Å². The molecule has 2 aromatic heterocycles. The number of amides is 1. The molecule has 0 radical (unpaired) electrons. The molecule has 0 saturated heterocycles. The molecule has 1 unspecified atom stereocenters. The van der Waals surface area contributed by atoms with Gasteiger partial charge in [-0.05, 0) is 38.1 Å². The predicted molar refractivity (Wildman–Crippen MR) is 70.8 cm³/mol. The zero-order valence-electron chi connectivity index (χ0n) is 11.0. The molecule has 0 aliphatic heterocycles. The van der Waals surface area contributed by atoms with E-state index in [2.05, 4.69) is 5.32 Å². The van der Waals surface area contributed by atoms with Crippen LogP contribution in [0.5, 0.6) is 0 Å². The average molecular weight is 262 g/mol. The number of nitrogens with zero attached hydrogens (tertiary/aromatic N) is 1. The Labute approximate surface area is 111 Å². The summed E-state index contributed by atoms with van der Waals surface area (Å²) < 4.78 is 6.96. The second kappa shape index (κ2) is 5.75. The van der Waals surface area contributed by atoms with Crippen LogP contribution in [0.25, 0.3) is 0 Å². The molecule has 0 bridgehead atoms. The fourth-order valence-electron chi connectivity index (χ4n) is 1.90. The third kappa shape index (κ3) is 3.06. The quantitative estimate of drug-likeness (QED) is 0.867. The first kappa shape index (κ1) is 13.4.